The molecule has 0 radical (unpaired) electrons. The van der Waals surface area contributed by atoms with E-state index in [1.54, 1.807) is 18.2 Å². The van der Waals surface area contributed by atoms with E-state index in [1.165, 1.54) is 6.07 Å². The highest BCUT2D eigenvalue weighted by Crippen LogP contribution is 2.33. The minimum Gasteiger partial charge on any atom is -0.482 e. The minimum absolute atomic E-state index is 0.0453. The fraction of sp³-hybridized carbons (Fsp3) is 0.417. The van der Waals surface area contributed by atoms with Crippen LogP contribution in [0, 0.1) is 27.4 Å². The fourth-order valence-corrected chi connectivity index (χ4v) is 2.09. The number of nitro benzene ring substituents is 1. The van der Waals surface area contributed by atoms with Crippen molar-refractivity contribution in [3.8, 4) is 11.8 Å². The summed E-state index contributed by atoms with van der Waals surface area (Å²) in [6, 6.07) is 8.46. The minimum atomic E-state index is -0.467. The van der Waals surface area contributed by atoms with E-state index in [0.717, 1.165) is 19.3 Å². The SMILES string of the molecule is N#CC1CCCC1Oc1ccccc1[N+](=O)[O-]. The van der Waals surface area contributed by atoms with Gasteiger partial charge in [0.2, 0.25) is 0 Å². The second-order valence-electron chi connectivity index (χ2n) is 4.05. The van der Waals surface area contributed by atoms with E-state index in [9.17, 15) is 10.1 Å². The van der Waals surface area contributed by atoms with E-state index in [4.69, 9.17) is 10.00 Å². The lowest BCUT2D eigenvalue weighted by molar-refractivity contribution is -0.386. The van der Waals surface area contributed by atoms with Crippen LogP contribution in [-0.2, 0) is 0 Å². The van der Waals surface area contributed by atoms with Crippen molar-refractivity contribution in [1.29, 1.82) is 5.26 Å². The molecule has 1 saturated carbocycles. The van der Waals surface area contributed by atoms with Gasteiger partial charge in [-0.2, -0.15) is 5.26 Å². The predicted molar refractivity (Wildman–Crippen MR) is 60.5 cm³/mol. The van der Waals surface area contributed by atoms with Crippen molar-refractivity contribution in [1.82, 2.24) is 0 Å². The van der Waals surface area contributed by atoms with Gasteiger partial charge in [0, 0.05) is 6.07 Å². The molecule has 0 aliphatic heterocycles. The molecule has 0 aromatic heterocycles. The second-order valence-corrected chi connectivity index (χ2v) is 4.05. The molecular formula is C12H12N2O3. The molecule has 1 aromatic rings. The summed E-state index contributed by atoms with van der Waals surface area (Å²) in [6.45, 7) is 0. The monoisotopic (exact) mass is 232 g/mol. The number of nitro groups is 1. The normalized spacial score (nSPS) is 23.0. The van der Waals surface area contributed by atoms with E-state index >= 15 is 0 Å². The first-order valence-electron chi connectivity index (χ1n) is 5.52. The van der Waals surface area contributed by atoms with E-state index in [2.05, 4.69) is 6.07 Å². The summed E-state index contributed by atoms with van der Waals surface area (Å²) in [5.74, 6) is 0.0967. The van der Waals surface area contributed by atoms with Gasteiger partial charge >= 0.3 is 5.69 Å². The molecule has 0 saturated heterocycles. The first kappa shape index (κ1) is 11.4. The number of ether oxygens (including phenoxy) is 1. The highest BCUT2D eigenvalue weighted by Gasteiger charge is 2.30. The topological polar surface area (TPSA) is 76.2 Å². The molecule has 2 atom stereocenters. The smallest absolute Gasteiger partial charge is 0.310 e. The average Bonchev–Trinajstić information content (AvgIpc) is 2.77. The molecular weight excluding hydrogens is 220 g/mol. The predicted octanol–water partition coefficient (Wildman–Crippen LogP) is 2.67. The molecule has 0 heterocycles. The Hall–Kier alpha value is -2.09. The first-order chi connectivity index (χ1) is 8.22. The van der Waals surface area contributed by atoms with Crippen LogP contribution in [0.2, 0.25) is 0 Å². The first-order valence-corrected chi connectivity index (χ1v) is 5.52. The molecule has 0 amide bonds. The maximum Gasteiger partial charge on any atom is 0.310 e. The van der Waals surface area contributed by atoms with E-state index in [-0.39, 0.29) is 23.5 Å². The number of hydrogen-bond acceptors (Lipinski definition) is 4. The van der Waals surface area contributed by atoms with Crippen LogP contribution in [0.25, 0.3) is 0 Å². The Morgan fingerprint density at radius 1 is 1.41 bits per heavy atom. The van der Waals surface area contributed by atoms with Crippen LogP contribution in [0.3, 0.4) is 0 Å². The Morgan fingerprint density at radius 2 is 2.18 bits per heavy atom. The number of nitriles is 1. The third kappa shape index (κ3) is 2.36. The van der Waals surface area contributed by atoms with Gasteiger partial charge in [0.05, 0.1) is 16.9 Å². The summed E-state index contributed by atoms with van der Waals surface area (Å²) < 4.78 is 5.61. The summed E-state index contributed by atoms with van der Waals surface area (Å²) in [4.78, 5) is 10.3. The summed E-state index contributed by atoms with van der Waals surface area (Å²) >= 11 is 0. The quantitative estimate of drug-likeness (QED) is 0.593. The molecule has 1 aliphatic carbocycles. The van der Waals surface area contributed by atoms with Gasteiger partial charge in [-0.05, 0) is 25.3 Å². The third-order valence-corrected chi connectivity index (χ3v) is 2.96. The van der Waals surface area contributed by atoms with Crippen LogP contribution in [0.4, 0.5) is 5.69 Å². The molecule has 1 aromatic carbocycles. The molecule has 5 heteroatoms. The van der Waals surface area contributed by atoms with Crippen molar-refractivity contribution >= 4 is 5.69 Å². The maximum atomic E-state index is 10.8. The van der Waals surface area contributed by atoms with Gasteiger partial charge in [-0.15, -0.1) is 0 Å². The zero-order valence-electron chi connectivity index (χ0n) is 9.20. The van der Waals surface area contributed by atoms with E-state index in [1.807, 2.05) is 0 Å². The summed E-state index contributed by atoms with van der Waals surface area (Å²) in [5, 5.41) is 19.7. The second kappa shape index (κ2) is 4.83. The largest absolute Gasteiger partial charge is 0.482 e. The molecule has 2 rings (SSSR count). The highest BCUT2D eigenvalue weighted by molar-refractivity contribution is 5.45. The molecule has 0 bridgehead atoms. The van der Waals surface area contributed by atoms with Crippen molar-refractivity contribution in [2.75, 3.05) is 0 Å². The maximum absolute atomic E-state index is 10.8. The van der Waals surface area contributed by atoms with Gasteiger partial charge in [0.25, 0.3) is 0 Å². The van der Waals surface area contributed by atoms with Gasteiger partial charge in [-0.25, -0.2) is 0 Å². The van der Waals surface area contributed by atoms with Crippen LogP contribution in [0.5, 0.6) is 5.75 Å². The Labute approximate surface area is 98.8 Å². The van der Waals surface area contributed by atoms with Crippen LogP contribution in [0.15, 0.2) is 24.3 Å². The van der Waals surface area contributed by atoms with Crippen molar-refractivity contribution in [2.45, 2.75) is 25.4 Å². The Kier molecular flexibility index (Phi) is 3.24. The number of rotatable bonds is 3. The van der Waals surface area contributed by atoms with Crippen LogP contribution >= 0.6 is 0 Å². The molecule has 0 N–H and O–H groups in total. The standard InChI is InChI=1S/C12H12N2O3/c13-8-9-4-3-7-11(9)17-12-6-2-1-5-10(12)14(15)16/h1-2,5-6,9,11H,3-4,7H2. The van der Waals surface area contributed by atoms with Crippen LogP contribution in [-0.4, -0.2) is 11.0 Å². The molecule has 2 unspecified atom stereocenters. The van der Waals surface area contributed by atoms with Crippen LogP contribution in [0.1, 0.15) is 19.3 Å². The lowest BCUT2D eigenvalue weighted by Gasteiger charge is -2.15. The Morgan fingerprint density at radius 3 is 2.88 bits per heavy atom. The lowest BCUT2D eigenvalue weighted by Crippen LogP contribution is -2.20. The molecule has 88 valence electrons. The average molecular weight is 232 g/mol. The zero-order valence-corrected chi connectivity index (χ0v) is 9.20. The van der Waals surface area contributed by atoms with Gasteiger partial charge in [-0.1, -0.05) is 12.1 Å². The molecule has 17 heavy (non-hydrogen) atoms. The van der Waals surface area contributed by atoms with Crippen molar-refractivity contribution in [2.24, 2.45) is 5.92 Å². The number of para-hydroxylation sites is 2. The van der Waals surface area contributed by atoms with Crippen molar-refractivity contribution in [3.05, 3.63) is 34.4 Å². The van der Waals surface area contributed by atoms with E-state index in [0.29, 0.717) is 0 Å². The number of benzene rings is 1. The molecule has 5 nitrogen and oxygen atoms in total. The highest BCUT2D eigenvalue weighted by atomic mass is 16.6. The zero-order chi connectivity index (χ0) is 12.3. The van der Waals surface area contributed by atoms with Gasteiger partial charge < -0.3 is 4.74 Å². The van der Waals surface area contributed by atoms with Crippen LogP contribution < -0.4 is 4.74 Å². The Bertz CT molecular complexity index is 467. The summed E-state index contributed by atoms with van der Waals surface area (Å²) in [5.41, 5.74) is -0.0453. The fourth-order valence-electron chi connectivity index (χ4n) is 2.09. The number of nitrogens with zero attached hydrogens (tertiary/aromatic N) is 2. The summed E-state index contributed by atoms with van der Waals surface area (Å²) in [6.07, 6.45) is 2.30. The molecule has 1 aliphatic rings. The van der Waals surface area contributed by atoms with Gasteiger partial charge in [0.1, 0.15) is 6.10 Å². The lowest BCUT2D eigenvalue weighted by atomic mass is 10.1. The molecule has 1 fully saturated rings. The van der Waals surface area contributed by atoms with Gasteiger partial charge in [-0.3, -0.25) is 10.1 Å². The van der Waals surface area contributed by atoms with Gasteiger partial charge in [0.15, 0.2) is 5.75 Å². The molecule has 0 spiro atoms. The number of hydrogen-bond donors (Lipinski definition) is 0. The third-order valence-electron chi connectivity index (χ3n) is 2.96. The Balaban J connectivity index is 2.19. The van der Waals surface area contributed by atoms with Crippen molar-refractivity contribution < 1.29 is 9.66 Å². The summed E-state index contributed by atoms with van der Waals surface area (Å²) in [7, 11) is 0. The van der Waals surface area contributed by atoms with Crippen molar-refractivity contribution in [3.63, 3.8) is 0 Å². The van der Waals surface area contributed by atoms with E-state index < -0.39 is 4.92 Å².